The average molecular weight is 247 g/mol. The molecule has 0 spiro atoms. The van der Waals surface area contributed by atoms with Gasteiger partial charge in [-0.3, -0.25) is 4.98 Å². The van der Waals surface area contributed by atoms with E-state index in [4.69, 9.17) is 0 Å². The maximum atomic E-state index is 4.07. The first kappa shape index (κ1) is 13.5. The van der Waals surface area contributed by atoms with Crippen LogP contribution in [0, 0.1) is 5.41 Å². The zero-order valence-corrected chi connectivity index (χ0v) is 11.7. The van der Waals surface area contributed by atoms with Crippen molar-refractivity contribution in [2.75, 3.05) is 27.2 Å². The van der Waals surface area contributed by atoms with Gasteiger partial charge in [0.1, 0.15) is 0 Å². The lowest BCUT2D eigenvalue weighted by Gasteiger charge is -2.33. The second-order valence-electron chi connectivity index (χ2n) is 5.77. The second kappa shape index (κ2) is 6.30. The molecule has 1 heterocycles. The molecule has 1 fully saturated rings. The first-order chi connectivity index (χ1) is 8.74. The Labute approximate surface area is 111 Å². The Morgan fingerprint density at radius 2 is 1.94 bits per heavy atom. The Morgan fingerprint density at radius 3 is 2.56 bits per heavy atom. The third-order valence-corrected chi connectivity index (χ3v) is 4.02. The summed E-state index contributed by atoms with van der Waals surface area (Å²) in [5, 5.41) is 3.38. The molecule has 1 aromatic rings. The fourth-order valence-electron chi connectivity index (χ4n) is 3.32. The zero-order chi connectivity index (χ0) is 12.8. The van der Waals surface area contributed by atoms with Gasteiger partial charge >= 0.3 is 0 Å². The molecule has 2 rings (SSSR count). The van der Waals surface area contributed by atoms with Gasteiger partial charge in [0.15, 0.2) is 0 Å². The van der Waals surface area contributed by atoms with E-state index in [0.29, 0.717) is 5.41 Å². The van der Waals surface area contributed by atoms with Crippen molar-refractivity contribution >= 4 is 0 Å². The van der Waals surface area contributed by atoms with Crippen LogP contribution >= 0.6 is 0 Å². The molecule has 18 heavy (non-hydrogen) atoms. The fraction of sp³-hybridized carbons (Fsp3) is 0.667. The Kier molecular flexibility index (Phi) is 4.72. The first-order valence-corrected chi connectivity index (χ1v) is 6.96. The average Bonchev–Trinajstić information content (AvgIpc) is 2.79. The van der Waals surface area contributed by atoms with Gasteiger partial charge in [0, 0.05) is 32.0 Å². The largest absolute Gasteiger partial charge is 0.319 e. The maximum absolute atomic E-state index is 4.07. The molecule has 0 unspecified atom stereocenters. The Balaban J connectivity index is 1.91. The third-order valence-electron chi connectivity index (χ3n) is 4.02. The van der Waals surface area contributed by atoms with Gasteiger partial charge in [-0.05, 0) is 50.0 Å². The zero-order valence-electron chi connectivity index (χ0n) is 11.7. The second-order valence-corrected chi connectivity index (χ2v) is 5.77. The molecule has 0 amide bonds. The van der Waals surface area contributed by atoms with Gasteiger partial charge in [0.05, 0.1) is 0 Å². The molecule has 0 radical (unpaired) electrons. The summed E-state index contributed by atoms with van der Waals surface area (Å²) in [5.74, 6) is 0. The number of nitrogens with one attached hydrogen (secondary N) is 1. The number of rotatable bonds is 6. The van der Waals surface area contributed by atoms with Crippen molar-refractivity contribution in [1.29, 1.82) is 0 Å². The number of nitrogens with zero attached hydrogens (tertiary/aromatic N) is 2. The van der Waals surface area contributed by atoms with E-state index in [1.807, 2.05) is 12.4 Å². The van der Waals surface area contributed by atoms with Crippen LogP contribution in [0.5, 0.6) is 0 Å². The molecule has 0 aromatic carbocycles. The number of hydrogen-bond donors (Lipinski definition) is 1. The fourth-order valence-corrected chi connectivity index (χ4v) is 3.32. The summed E-state index contributed by atoms with van der Waals surface area (Å²) < 4.78 is 0. The first-order valence-electron chi connectivity index (χ1n) is 6.96. The normalized spacial score (nSPS) is 18.4. The van der Waals surface area contributed by atoms with E-state index in [-0.39, 0.29) is 0 Å². The number of pyridine rings is 1. The van der Waals surface area contributed by atoms with Crippen molar-refractivity contribution in [1.82, 2.24) is 15.2 Å². The Hall–Kier alpha value is -0.930. The summed E-state index contributed by atoms with van der Waals surface area (Å²) in [6.45, 7) is 3.36. The van der Waals surface area contributed by atoms with E-state index in [9.17, 15) is 0 Å². The summed E-state index contributed by atoms with van der Waals surface area (Å²) in [5.41, 5.74) is 1.85. The standard InChI is InChI=1S/C15H25N3/c1-16-12-15(7-3-4-8-15)13-18(2)11-14-5-9-17-10-6-14/h5-6,9-10,16H,3-4,7-8,11-13H2,1-2H3. The maximum Gasteiger partial charge on any atom is 0.0271 e. The molecule has 1 aliphatic carbocycles. The highest BCUT2D eigenvalue weighted by Gasteiger charge is 2.33. The van der Waals surface area contributed by atoms with Crippen molar-refractivity contribution < 1.29 is 0 Å². The quantitative estimate of drug-likeness (QED) is 0.836. The van der Waals surface area contributed by atoms with Gasteiger partial charge in [-0.15, -0.1) is 0 Å². The molecule has 3 nitrogen and oxygen atoms in total. The van der Waals surface area contributed by atoms with Crippen LogP contribution in [0.1, 0.15) is 31.2 Å². The topological polar surface area (TPSA) is 28.2 Å². The molecule has 1 aliphatic rings. The number of aromatic nitrogens is 1. The van der Waals surface area contributed by atoms with E-state index in [2.05, 4.69) is 41.4 Å². The minimum atomic E-state index is 0.497. The van der Waals surface area contributed by atoms with E-state index in [1.165, 1.54) is 37.8 Å². The van der Waals surface area contributed by atoms with Crippen molar-refractivity contribution in [3.05, 3.63) is 30.1 Å². The van der Waals surface area contributed by atoms with Crippen LogP contribution in [0.4, 0.5) is 0 Å². The summed E-state index contributed by atoms with van der Waals surface area (Å²) in [7, 11) is 4.30. The molecular formula is C15H25N3. The summed E-state index contributed by atoms with van der Waals surface area (Å²) in [4.78, 5) is 6.53. The molecular weight excluding hydrogens is 222 g/mol. The number of hydrogen-bond acceptors (Lipinski definition) is 3. The van der Waals surface area contributed by atoms with E-state index in [0.717, 1.165) is 13.1 Å². The van der Waals surface area contributed by atoms with Gasteiger partial charge in [-0.25, -0.2) is 0 Å². The molecule has 1 saturated carbocycles. The van der Waals surface area contributed by atoms with Crippen LogP contribution in [-0.2, 0) is 6.54 Å². The summed E-state index contributed by atoms with van der Waals surface area (Å²) in [6, 6.07) is 4.21. The van der Waals surface area contributed by atoms with Gasteiger partial charge in [0.2, 0.25) is 0 Å². The van der Waals surface area contributed by atoms with Crippen LogP contribution in [0.25, 0.3) is 0 Å². The van der Waals surface area contributed by atoms with Crippen molar-refractivity contribution in [3.8, 4) is 0 Å². The van der Waals surface area contributed by atoms with Gasteiger partial charge in [0.25, 0.3) is 0 Å². The highest BCUT2D eigenvalue weighted by Crippen LogP contribution is 2.38. The van der Waals surface area contributed by atoms with Gasteiger partial charge in [-0.2, -0.15) is 0 Å². The minimum Gasteiger partial charge on any atom is -0.319 e. The monoisotopic (exact) mass is 247 g/mol. The van der Waals surface area contributed by atoms with Crippen LogP contribution in [-0.4, -0.2) is 37.1 Å². The highest BCUT2D eigenvalue weighted by molar-refractivity contribution is 5.09. The van der Waals surface area contributed by atoms with Crippen LogP contribution < -0.4 is 5.32 Å². The molecule has 0 bridgehead atoms. The predicted molar refractivity (Wildman–Crippen MR) is 75.4 cm³/mol. The Bertz CT molecular complexity index is 344. The molecule has 1 N–H and O–H groups in total. The molecule has 0 atom stereocenters. The van der Waals surface area contributed by atoms with Crippen LogP contribution in [0.15, 0.2) is 24.5 Å². The smallest absolute Gasteiger partial charge is 0.0271 e. The summed E-state index contributed by atoms with van der Waals surface area (Å²) in [6.07, 6.45) is 9.28. The molecule has 100 valence electrons. The lowest BCUT2D eigenvalue weighted by atomic mass is 9.85. The molecule has 1 aromatic heterocycles. The SMILES string of the molecule is CNCC1(CN(C)Cc2ccncc2)CCCC1. The lowest BCUT2D eigenvalue weighted by molar-refractivity contribution is 0.170. The summed E-state index contributed by atoms with van der Waals surface area (Å²) >= 11 is 0. The lowest BCUT2D eigenvalue weighted by Crippen LogP contribution is -2.40. The Morgan fingerprint density at radius 1 is 1.28 bits per heavy atom. The van der Waals surface area contributed by atoms with Crippen LogP contribution in [0.2, 0.25) is 0 Å². The van der Waals surface area contributed by atoms with Crippen molar-refractivity contribution in [2.24, 2.45) is 5.41 Å². The predicted octanol–water partition coefficient (Wildman–Crippen LogP) is 2.29. The molecule has 3 heteroatoms. The van der Waals surface area contributed by atoms with Crippen molar-refractivity contribution in [3.63, 3.8) is 0 Å². The van der Waals surface area contributed by atoms with Gasteiger partial charge in [-0.1, -0.05) is 12.8 Å². The van der Waals surface area contributed by atoms with Gasteiger partial charge < -0.3 is 10.2 Å². The molecule has 0 aliphatic heterocycles. The molecule has 0 saturated heterocycles. The van der Waals surface area contributed by atoms with E-state index >= 15 is 0 Å². The van der Waals surface area contributed by atoms with Crippen LogP contribution in [0.3, 0.4) is 0 Å². The highest BCUT2D eigenvalue weighted by atomic mass is 15.1. The van der Waals surface area contributed by atoms with E-state index < -0.39 is 0 Å². The minimum absolute atomic E-state index is 0.497. The van der Waals surface area contributed by atoms with E-state index in [1.54, 1.807) is 0 Å². The van der Waals surface area contributed by atoms with Crippen molar-refractivity contribution in [2.45, 2.75) is 32.2 Å². The third kappa shape index (κ3) is 3.53.